The number of halogens is 2. The lowest BCUT2D eigenvalue weighted by Gasteiger charge is -2.12. The van der Waals surface area contributed by atoms with Crippen LogP contribution in [0.25, 0.3) is 0 Å². The van der Waals surface area contributed by atoms with Crippen molar-refractivity contribution in [3.63, 3.8) is 0 Å². The highest BCUT2D eigenvalue weighted by atomic mass is 35.5. The van der Waals surface area contributed by atoms with Crippen molar-refractivity contribution < 1.29 is 9.53 Å². The molecule has 0 saturated carbocycles. The van der Waals surface area contributed by atoms with Crippen LogP contribution in [0.2, 0.25) is 10.0 Å². The van der Waals surface area contributed by atoms with Crippen molar-refractivity contribution in [3.8, 4) is 5.75 Å². The molecule has 0 spiro atoms. The molecule has 6 heteroatoms. The maximum absolute atomic E-state index is 11.8. The molecular weight excluding hydrogens is 323 g/mol. The number of rotatable bonds is 4. The van der Waals surface area contributed by atoms with Crippen LogP contribution in [0.4, 0.5) is 10.5 Å². The summed E-state index contributed by atoms with van der Waals surface area (Å²) in [7, 11) is 0. The topological polar surface area (TPSA) is 50.4 Å². The van der Waals surface area contributed by atoms with Gasteiger partial charge in [-0.1, -0.05) is 40.9 Å². The zero-order chi connectivity index (χ0) is 16.1. The SMILES string of the molecule is Cc1ccc(OCNC(=O)Nc2cc(Cl)ccc2Cl)c(C)c1. The summed E-state index contributed by atoms with van der Waals surface area (Å²) < 4.78 is 5.52. The van der Waals surface area contributed by atoms with E-state index in [4.69, 9.17) is 27.9 Å². The number of carbonyl (C=O) groups is 1. The van der Waals surface area contributed by atoms with Gasteiger partial charge < -0.3 is 15.4 Å². The Labute approximate surface area is 139 Å². The number of urea groups is 1. The largest absolute Gasteiger partial charge is 0.473 e. The van der Waals surface area contributed by atoms with E-state index in [0.717, 1.165) is 16.9 Å². The van der Waals surface area contributed by atoms with Gasteiger partial charge in [-0.25, -0.2) is 4.79 Å². The maximum Gasteiger partial charge on any atom is 0.321 e. The highest BCUT2D eigenvalue weighted by molar-refractivity contribution is 6.35. The van der Waals surface area contributed by atoms with E-state index in [1.807, 2.05) is 32.0 Å². The predicted molar refractivity (Wildman–Crippen MR) is 90.0 cm³/mol. The molecule has 2 aromatic carbocycles. The fourth-order valence-corrected chi connectivity index (χ4v) is 2.24. The summed E-state index contributed by atoms with van der Waals surface area (Å²) in [5.74, 6) is 0.728. The van der Waals surface area contributed by atoms with Gasteiger partial charge in [-0.2, -0.15) is 0 Å². The Morgan fingerprint density at radius 1 is 1.14 bits per heavy atom. The van der Waals surface area contributed by atoms with Gasteiger partial charge in [-0.3, -0.25) is 0 Å². The van der Waals surface area contributed by atoms with Gasteiger partial charge in [-0.05, 0) is 43.7 Å². The molecule has 2 aromatic rings. The first-order valence-corrected chi connectivity index (χ1v) is 7.41. The first kappa shape index (κ1) is 16.5. The van der Waals surface area contributed by atoms with Crippen LogP contribution in [0.3, 0.4) is 0 Å². The van der Waals surface area contributed by atoms with E-state index in [1.54, 1.807) is 18.2 Å². The van der Waals surface area contributed by atoms with Crippen LogP contribution in [-0.2, 0) is 0 Å². The maximum atomic E-state index is 11.8. The molecule has 0 radical (unpaired) electrons. The van der Waals surface area contributed by atoms with Crippen LogP contribution >= 0.6 is 23.2 Å². The number of hydrogen-bond acceptors (Lipinski definition) is 2. The van der Waals surface area contributed by atoms with E-state index >= 15 is 0 Å². The number of anilines is 1. The van der Waals surface area contributed by atoms with Crippen molar-refractivity contribution in [3.05, 3.63) is 57.6 Å². The molecule has 0 fully saturated rings. The second-order valence-electron chi connectivity index (χ2n) is 4.81. The van der Waals surface area contributed by atoms with Crippen LogP contribution in [0.1, 0.15) is 11.1 Å². The zero-order valence-electron chi connectivity index (χ0n) is 12.2. The number of benzene rings is 2. The molecule has 0 aromatic heterocycles. The summed E-state index contributed by atoms with van der Waals surface area (Å²) in [6.45, 7) is 4.01. The van der Waals surface area contributed by atoms with Crippen molar-refractivity contribution in [1.29, 1.82) is 0 Å². The van der Waals surface area contributed by atoms with Crippen molar-refractivity contribution >= 4 is 34.9 Å². The van der Waals surface area contributed by atoms with E-state index in [9.17, 15) is 4.79 Å². The molecule has 0 aliphatic carbocycles. The number of carbonyl (C=O) groups excluding carboxylic acids is 1. The molecule has 0 heterocycles. The van der Waals surface area contributed by atoms with Gasteiger partial charge >= 0.3 is 6.03 Å². The molecule has 0 aliphatic heterocycles. The summed E-state index contributed by atoms with van der Waals surface area (Å²) in [6, 6.07) is 10.3. The van der Waals surface area contributed by atoms with E-state index in [2.05, 4.69) is 10.6 Å². The van der Waals surface area contributed by atoms with Crippen LogP contribution in [0, 0.1) is 13.8 Å². The molecule has 0 bridgehead atoms. The summed E-state index contributed by atoms with van der Waals surface area (Å²) in [5.41, 5.74) is 2.62. The Morgan fingerprint density at radius 3 is 2.64 bits per heavy atom. The average Bonchev–Trinajstić information content (AvgIpc) is 2.45. The van der Waals surface area contributed by atoms with Gasteiger partial charge in [0.2, 0.25) is 0 Å². The zero-order valence-corrected chi connectivity index (χ0v) is 13.8. The first-order valence-electron chi connectivity index (χ1n) is 6.65. The van der Waals surface area contributed by atoms with Crippen LogP contribution < -0.4 is 15.4 Å². The number of hydrogen-bond donors (Lipinski definition) is 2. The Morgan fingerprint density at radius 2 is 1.91 bits per heavy atom. The summed E-state index contributed by atoms with van der Waals surface area (Å²) in [6.07, 6.45) is 0. The Balaban J connectivity index is 1.86. The van der Waals surface area contributed by atoms with Crippen molar-refractivity contribution in [1.82, 2.24) is 5.32 Å². The van der Waals surface area contributed by atoms with Crippen molar-refractivity contribution in [2.24, 2.45) is 0 Å². The van der Waals surface area contributed by atoms with E-state index in [0.29, 0.717) is 15.7 Å². The van der Waals surface area contributed by atoms with E-state index < -0.39 is 6.03 Å². The lowest BCUT2D eigenvalue weighted by atomic mass is 10.1. The van der Waals surface area contributed by atoms with Gasteiger partial charge in [0, 0.05) is 5.02 Å². The molecule has 0 saturated heterocycles. The second-order valence-corrected chi connectivity index (χ2v) is 5.66. The third kappa shape index (κ3) is 4.55. The molecule has 116 valence electrons. The number of ether oxygens (including phenoxy) is 1. The van der Waals surface area contributed by atoms with Gasteiger partial charge in [0.1, 0.15) is 5.75 Å². The molecule has 0 atom stereocenters. The first-order chi connectivity index (χ1) is 10.5. The molecule has 4 nitrogen and oxygen atoms in total. The van der Waals surface area contributed by atoms with Gasteiger partial charge in [0.25, 0.3) is 0 Å². The normalized spacial score (nSPS) is 10.2. The van der Waals surface area contributed by atoms with Gasteiger partial charge in [0.05, 0.1) is 10.7 Å². The fourth-order valence-electron chi connectivity index (χ4n) is 1.90. The minimum atomic E-state index is -0.422. The summed E-state index contributed by atoms with van der Waals surface area (Å²) in [4.78, 5) is 11.8. The molecule has 2 rings (SSSR count). The molecule has 2 amide bonds. The highest BCUT2D eigenvalue weighted by Crippen LogP contribution is 2.25. The minimum absolute atomic E-state index is 0.0495. The summed E-state index contributed by atoms with van der Waals surface area (Å²) >= 11 is 11.8. The lowest BCUT2D eigenvalue weighted by Crippen LogP contribution is -2.32. The number of nitrogens with one attached hydrogen (secondary N) is 2. The molecule has 2 N–H and O–H groups in total. The van der Waals surface area contributed by atoms with E-state index in [1.165, 1.54) is 0 Å². The summed E-state index contributed by atoms with van der Waals surface area (Å²) in [5, 5.41) is 6.11. The molecule has 0 unspecified atom stereocenters. The third-order valence-electron chi connectivity index (χ3n) is 2.97. The molecular formula is C16H16Cl2N2O2. The Kier molecular flexibility index (Phi) is 5.52. The molecule has 22 heavy (non-hydrogen) atoms. The van der Waals surface area contributed by atoms with Gasteiger partial charge in [-0.15, -0.1) is 0 Å². The fraction of sp³-hybridized carbons (Fsp3) is 0.188. The van der Waals surface area contributed by atoms with Crippen LogP contribution in [-0.4, -0.2) is 12.8 Å². The second kappa shape index (κ2) is 7.38. The number of aryl methyl sites for hydroxylation is 2. The monoisotopic (exact) mass is 338 g/mol. The Hall–Kier alpha value is -1.91. The third-order valence-corrected chi connectivity index (χ3v) is 3.53. The predicted octanol–water partition coefficient (Wildman–Crippen LogP) is 4.77. The smallest absolute Gasteiger partial charge is 0.321 e. The van der Waals surface area contributed by atoms with E-state index in [-0.39, 0.29) is 6.73 Å². The number of amides is 2. The standard InChI is InChI=1S/C16H16Cl2N2O2/c1-10-3-6-15(11(2)7-10)22-9-19-16(21)20-14-8-12(17)4-5-13(14)18/h3-8H,9H2,1-2H3,(H2,19,20,21). The van der Waals surface area contributed by atoms with Gasteiger partial charge in [0.15, 0.2) is 6.73 Å². The van der Waals surface area contributed by atoms with Crippen LogP contribution in [0.5, 0.6) is 5.75 Å². The quantitative estimate of drug-likeness (QED) is 0.789. The highest BCUT2D eigenvalue weighted by Gasteiger charge is 2.06. The van der Waals surface area contributed by atoms with Crippen molar-refractivity contribution in [2.75, 3.05) is 12.0 Å². The van der Waals surface area contributed by atoms with Crippen LogP contribution in [0.15, 0.2) is 36.4 Å². The van der Waals surface area contributed by atoms with Crippen molar-refractivity contribution in [2.45, 2.75) is 13.8 Å². The molecule has 0 aliphatic rings. The Bertz CT molecular complexity index is 690. The lowest BCUT2D eigenvalue weighted by molar-refractivity contribution is 0.234. The average molecular weight is 339 g/mol. The minimum Gasteiger partial charge on any atom is -0.473 e.